The second-order valence-corrected chi connectivity index (χ2v) is 4.27. The van der Waals surface area contributed by atoms with Gasteiger partial charge < -0.3 is 10.0 Å². The highest BCUT2D eigenvalue weighted by Gasteiger charge is 2.31. The van der Waals surface area contributed by atoms with Crippen LogP contribution in [0.15, 0.2) is 12.3 Å². The van der Waals surface area contributed by atoms with Crippen LogP contribution in [0.3, 0.4) is 0 Å². The van der Waals surface area contributed by atoms with Gasteiger partial charge in [-0.15, -0.1) is 0 Å². The summed E-state index contributed by atoms with van der Waals surface area (Å²) in [5, 5.41) is 12.8. The summed E-state index contributed by atoms with van der Waals surface area (Å²) in [5.74, 6) is -1.04. The van der Waals surface area contributed by atoms with Gasteiger partial charge in [0.2, 0.25) is 0 Å². The molecule has 2 heterocycles. The molecule has 1 amide bonds. The summed E-state index contributed by atoms with van der Waals surface area (Å²) in [6.07, 6.45) is 3.33. The average molecular weight is 237 g/mol. The fourth-order valence-electron chi connectivity index (χ4n) is 2.19. The molecule has 1 atom stereocenters. The van der Waals surface area contributed by atoms with Crippen molar-refractivity contribution in [2.75, 3.05) is 6.54 Å². The Morgan fingerprint density at radius 2 is 2.35 bits per heavy atom. The Morgan fingerprint density at radius 1 is 1.59 bits per heavy atom. The lowest BCUT2D eigenvalue weighted by molar-refractivity contribution is -0.137. The van der Waals surface area contributed by atoms with Crippen molar-refractivity contribution in [1.29, 1.82) is 0 Å². The molecular weight excluding hydrogens is 222 g/mol. The highest BCUT2D eigenvalue weighted by Crippen LogP contribution is 2.21. The molecule has 92 valence electrons. The third kappa shape index (κ3) is 2.46. The fourth-order valence-corrected chi connectivity index (χ4v) is 2.19. The molecule has 17 heavy (non-hydrogen) atoms. The van der Waals surface area contributed by atoms with Crippen molar-refractivity contribution in [1.82, 2.24) is 14.7 Å². The minimum absolute atomic E-state index is 0.0125. The Hall–Kier alpha value is -1.85. The molecule has 1 N–H and O–H groups in total. The first-order valence-corrected chi connectivity index (χ1v) is 5.60. The first-order chi connectivity index (χ1) is 8.08. The monoisotopic (exact) mass is 237 g/mol. The lowest BCUT2D eigenvalue weighted by atomic mass is 10.1. The molecule has 0 spiro atoms. The van der Waals surface area contributed by atoms with E-state index in [1.807, 2.05) is 0 Å². The lowest BCUT2D eigenvalue weighted by Crippen LogP contribution is -2.37. The number of aliphatic carboxylic acids is 1. The zero-order chi connectivity index (χ0) is 12.4. The summed E-state index contributed by atoms with van der Waals surface area (Å²) < 4.78 is 1.56. The predicted octanol–water partition coefficient (Wildman–Crippen LogP) is 0.499. The van der Waals surface area contributed by atoms with Gasteiger partial charge in [0.15, 0.2) is 0 Å². The van der Waals surface area contributed by atoms with E-state index >= 15 is 0 Å². The van der Waals surface area contributed by atoms with Gasteiger partial charge in [-0.3, -0.25) is 14.3 Å². The van der Waals surface area contributed by atoms with Crippen LogP contribution in [-0.2, 0) is 11.8 Å². The molecule has 0 saturated carbocycles. The van der Waals surface area contributed by atoms with Gasteiger partial charge in [0.05, 0.1) is 6.42 Å². The number of aromatic nitrogens is 2. The number of aryl methyl sites for hydroxylation is 1. The molecule has 1 fully saturated rings. The van der Waals surface area contributed by atoms with Crippen LogP contribution >= 0.6 is 0 Å². The van der Waals surface area contributed by atoms with E-state index < -0.39 is 5.97 Å². The van der Waals surface area contributed by atoms with Gasteiger partial charge in [-0.1, -0.05) is 0 Å². The Morgan fingerprint density at radius 3 is 2.94 bits per heavy atom. The number of amides is 1. The summed E-state index contributed by atoms with van der Waals surface area (Å²) in [5.41, 5.74) is 0.379. The van der Waals surface area contributed by atoms with Gasteiger partial charge >= 0.3 is 5.97 Å². The van der Waals surface area contributed by atoms with Gasteiger partial charge in [0.25, 0.3) is 5.91 Å². The number of hydrogen-bond acceptors (Lipinski definition) is 3. The minimum atomic E-state index is -0.865. The highest BCUT2D eigenvalue weighted by molar-refractivity contribution is 5.92. The number of likely N-dealkylation sites (tertiary alicyclic amines) is 1. The van der Waals surface area contributed by atoms with E-state index in [1.54, 1.807) is 28.9 Å². The van der Waals surface area contributed by atoms with Crippen molar-refractivity contribution >= 4 is 11.9 Å². The number of rotatable bonds is 3. The first-order valence-electron chi connectivity index (χ1n) is 5.60. The van der Waals surface area contributed by atoms with Crippen LogP contribution in [0.2, 0.25) is 0 Å². The number of hydrogen-bond donors (Lipinski definition) is 1. The summed E-state index contributed by atoms with van der Waals surface area (Å²) in [6.45, 7) is 0.618. The number of carboxylic acid groups (broad SMARTS) is 1. The Bertz CT molecular complexity index is 441. The molecule has 1 aromatic rings. The minimum Gasteiger partial charge on any atom is -0.481 e. The molecule has 2 rings (SSSR count). The maximum absolute atomic E-state index is 12.1. The van der Waals surface area contributed by atoms with Crippen molar-refractivity contribution in [2.45, 2.75) is 25.3 Å². The quantitative estimate of drug-likeness (QED) is 0.830. The SMILES string of the molecule is Cn1ccc(C(=O)N2CCCC2CC(=O)O)n1. The summed E-state index contributed by atoms with van der Waals surface area (Å²) in [7, 11) is 1.75. The molecular formula is C11H15N3O3. The molecule has 6 nitrogen and oxygen atoms in total. The van der Waals surface area contributed by atoms with Gasteiger partial charge in [-0.05, 0) is 18.9 Å². The van der Waals surface area contributed by atoms with Crippen molar-refractivity contribution in [2.24, 2.45) is 7.05 Å². The number of carboxylic acids is 1. The predicted molar refractivity (Wildman–Crippen MR) is 59.5 cm³/mol. The molecule has 1 unspecified atom stereocenters. The van der Waals surface area contributed by atoms with Gasteiger partial charge in [-0.2, -0.15) is 5.10 Å². The Balaban J connectivity index is 2.10. The van der Waals surface area contributed by atoms with Crippen LogP contribution in [0.5, 0.6) is 0 Å². The zero-order valence-corrected chi connectivity index (χ0v) is 9.67. The second-order valence-electron chi connectivity index (χ2n) is 4.27. The van der Waals surface area contributed by atoms with Gasteiger partial charge in [0.1, 0.15) is 5.69 Å². The molecule has 1 aliphatic rings. The van der Waals surface area contributed by atoms with E-state index in [9.17, 15) is 9.59 Å². The van der Waals surface area contributed by atoms with Crippen LogP contribution in [0, 0.1) is 0 Å². The molecule has 0 bridgehead atoms. The number of nitrogens with zero attached hydrogens (tertiary/aromatic N) is 3. The van der Waals surface area contributed by atoms with Crippen LogP contribution in [0.1, 0.15) is 29.8 Å². The fraction of sp³-hybridized carbons (Fsp3) is 0.545. The third-order valence-corrected chi connectivity index (χ3v) is 2.98. The third-order valence-electron chi connectivity index (χ3n) is 2.98. The van der Waals surface area contributed by atoms with Crippen molar-refractivity contribution < 1.29 is 14.7 Å². The maximum Gasteiger partial charge on any atom is 0.305 e. The molecule has 0 radical (unpaired) electrons. The molecule has 1 aromatic heterocycles. The molecule has 6 heteroatoms. The van der Waals surface area contributed by atoms with E-state index in [4.69, 9.17) is 5.11 Å². The van der Waals surface area contributed by atoms with Crippen LogP contribution < -0.4 is 0 Å². The van der Waals surface area contributed by atoms with E-state index in [2.05, 4.69) is 5.10 Å². The normalized spacial score (nSPS) is 19.6. The zero-order valence-electron chi connectivity index (χ0n) is 9.67. The molecule has 1 aliphatic heterocycles. The number of carbonyl (C=O) groups is 2. The molecule has 0 aromatic carbocycles. The van der Waals surface area contributed by atoms with Crippen LogP contribution in [0.4, 0.5) is 0 Å². The van der Waals surface area contributed by atoms with E-state index in [-0.39, 0.29) is 18.4 Å². The largest absolute Gasteiger partial charge is 0.481 e. The number of carbonyl (C=O) groups excluding carboxylic acids is 1. The molecule has 0 aliphatic carbocycles. The highest BCUT2D eigenvalue weighted by atomic mass is 16.4. The van der Waals surface area contributed by atoms with Crippen LogP contribution in [-0.4, -0.2) is 44.3 Å². The van der Waals surface area contributed by atoms with Crippen molar-refractivity contribution in [3.8, 4) is 0 Å². The Labute approximate surface area is 98.8 Å². The average Bonchev–Trinajstić information content (AvgIpc) is 2.85. The van der Waals surface area contributed by atoms with Crippen molar-refractivity contribution in [3.05, 3.63) is 18.0 Å². The summed E-state index contributed by atoms with van der Waals surface area (Å²) in [6, 6.07) is 1.46. The van der Waals surface area contributed by atoms with Gasteiger partial charge in [0, 0.05) is 25.8 Å². The van der Waals surface area contributed by atoms with Gasteiger partial charge in [-0.25, -0.2) is 0 Å². The Kier molecular flexibility index (Phi) is 3.12. The second kappa shape index (κ2) is 4.57. The molecule has 1 saturated heterocycles. The van der Waals surface area contributed by atoms with E-state index in [0.29, 0.717) is 12.2 Å². The summed E-state index contributed by atoms with van der Waals surface area (Å²) in [4.78, 5) is 24.4. The lowest BCUT2D eigenvalue weighted by Gasteiger charge is -2.22. The standard InChI is InChI=1S/C11H15N3O3/c1-13-6-4-9(12-13)11(17)14-5-2-3-8(14)7-10(15)16/h4,6,8H,2-3,5,7H2,1H3,(H,15,16). The van der Waals surface area contributed by atoms with Crippen molar-refractivity contribution in [3.63, 3.8) is 0 Å². The summed E-state index contributed by atoms with van der Waals surface area (Å²) >= 11 is 0. The first kappa shape index (κ1) is 11.6. The van der Waals surface area contributed by atoms with Crippen LogP contribution in [0.25, 0.3) is 0 Å². The topological polar surface area (TPSA) is 75.4 Å². The van der Waals surface area contributed by atoms with E-state index in [1.165, 1.54) is 0 Å². The maximum atomic E-state index is 12.1. The van der Waals surface area contributed by atoms with E-state index in [0.717, 1.165) is 12.8 Å². The smallest absolute Gasteiger partial charge is 0.305 e.